The van der Waals surface area contributed by atoms with E-state index in [0.717, 1.165) is 24.0 Å². The van der Waals surface area contributed by atoms with Crippen LogP contribution in [0.1, 0.15) is 24.0 Å². The van der Waals surface area contributed by atoms with Crippen molar-refractivity contribution in [2.75, 3.05) is 19.6 Å². The first kappa shape index (κ1) is 14.5. The summed E-state index contributed by atoms with van der Waals surface area (Å²) in [5, 5.41) is 0. The third-order valence-electron chi connectivity index (χ3n) is 3.73. The Morgan fingerprint density at radius 1 is 1.32 bits per heavy atom. The fourth-order valence-electron chi connectivity index (χ4n) is 2.53. The van der Waals surface area contributed by atoms with Crippen LogP contribution in [-0.2, 0) is 15.8 Å². The number of piperidine rings is 1. The molecule has 0 aliphatic carbocycles. The van der Waals surface area contributed by atoms with Crippen LogP contribution in [0.15, 0.2) is 24.3 Å². The van der Waals surface area contributed by atoms with E-state index in [0.29, 0.717) is 25.6 Å². The van der Waals surface area contributed by atoms with E-state index < -0.39 is 10.0 Å². The summed E-state index contributed by atoms with van der Waals surface area (Å²) in [5.41, 5.74) is 7.58. The smallest absolute Gasteiger partial charge is 0.218 e. The van der Waals surface area contributed by atoms with E-state index in [2.05, 4.69) is 0 Å². The molecule has 0 atom stereocenters. The van der Waals surface area contributed by atoms with Crippen LogP contribution in [0.3, 0.4) is 0 Å². The molecule has 0 unspecified atom stereocenters. The number of hydrogen-bond acceptors (Lipinski definition) is 3. The van der Waals surface area contributed by atoms with Gasteiger partial charge in [-0.3, -0.25) is 0 Å². The predicted molar refractivity (Wildman–Crippen MR) is 77.2 cm³/mol. The summed E-state index contributed by atoms with van der Waals surface area (Å²) in [5.74, 6) is 0.576. The molecule has 2 rings (SSSR count). The molecular weight excluding hydrogens is 260 g/mol. The molecule has 1 aromatic carbocycles. The summed E-state index contributed by atoms with van der Waals surface area (Å²) in [7, 11) is -3.19. The molecule has 1 heterocycles. The lowest BCUT2D eigenvalue weighted by Gasteiger charge is -2.30. The average molecular weight is 282 g/mol. The summed E-state index contributed by atoms with van der Waals surface area (Å²) in [4.78, 5) is 0. The number of nitrogens with two attached hydrogens (primary N) is 1. The molecule has 4 nitrogen and oxygen atoms in total. The van der Waals surface area contributed by atoms with Crippen LogP contribution < -0.4 is 5.73 Å². The molecule has 1 fully saturated rings. The normalized spacial score (nSPS) is 18.6. The zero-order chi connectivity index (χ0) is 13.9. The number of rotatable bonds is 4. The fourth-order valence-corrected chi connectivity index (χ4v) is 4.08. The molecular formula is C14H22N2O2S. The van der Waals surface area contributed by atoms with Gasteiger partial charge >= 0.3 is 0 Å². The number of aryl methyl sites for hydroxylation is 1. The van der Waals surface area contributed by atoms with Gasteiger partial charge in [0.25, 0.3) is 0 Å². The summed E-state index contributed by atoms with van der Waals surface area (Å²) in [6, 6.07) is 7.69. The van der Waals surface area contributed by atoms with Crippen molar-refractivity contribution in [3.63, 3.8) is 0 Å². The molecule has 106 valence electrons. The van der Waals surface area contributed by atoms with E-state index in [9.17, 15) is 8.42 Å². The first-order chi connectivity index (χ1) is 9.01. The molecule has 0 radical (unpaired) electrons. The summed E-state index contributed by atoms with van der Waals surface area (Å²) >= 11 is 0. The van der Waals surface area contributed by atoms with Crippen molar-refractivity contribution in [1.29, 1.82) is 0 Å². The van der Waals surface area contributed by atoms with E-state index in [1.807, 2.05) is 31.2 Å². The van der Waals surface area contributed by atoms with Gasteiger partial charge in [0.15, 0.2) is 0 Å². The van der Waals surface area contributed by atoms with E-state index in [1.54, 1.807) is 4.31 Å². The maximum absolute atomic E-state index is 12.4. The minimum Gasteiger partial charge on any atom is -0.330 e. The van der Waals surface area contributed by atoms with Gasteiger partial charge < -0.3 is 5.73 Å². The second-order valence-corrected chi connectivity index (χ2v) is 7.29. The molecule has 0 bridgehead atoms. The quantitative estimate of drug-likeness (QED) is 0.910. The molecule has 5 heteroatoms. The molecule has 0 amide bonds. The number of nitrogens with zero attached hydrogens (tertiary/aromatic N) is 1. The van der Waals surface area contributed by atoms with E-state index in [4.69, 9.17) is 5.73 Å². The first-order valence-electron chi connectivity index (χ1n) is 6.74. The van der Waals surface area contributed by atoms with Crippen LogP contribution in [-0.4, -0.2) is 32.4 Å². The van der Waals surface area contributed by atoms with Gasteiger partial charge in [-0.15, -0.1) is 0 Å². The Morgan fingerprint density at radius 3 is 2.58 bits per heavy atom. The lowest BCUT2D eigenvalue weighted by molar-refractivity contribution is 0.278. The van der Waals surface area contributed by atoms with E-state index in [-0.39, 0.29) is 5.75 Å². The highest BCUT2D eigenvalue weighted by atomic mass is 32.2. The Bertz CT molecular complexity index is 520. The second kappa shape index (κ2) is 6.03. The van der Waals surface area contributed by atoms with Crippen LogP contribution in [0.4, 0.5) is 0 Å². The second-order valence-electron chi connectivity index (χ2n) is 5.32. The fraction of sp³-hybridized carbons (Fsp3) is 0.571. The van der Waals surface area contributed by atoms with Gasteiger partial charge in [-0.2, -0.15) is 0 Å². The minimum absolute atomic E-state index is 0.0992. The topological polar surface area (TPSA) is 63.4 Å². The van der Waals surface area contributed by atoms with Crippen molar-refractivity contribution in [3.8, 4) is 0 Å². The van der Waals surface area contributed by atoms with Gasteiger partial charge in [0, 0.05) is 13.1 Å². The third-order valence-corrected chi connectivity index (χ3v) is 5.58. The van der Waals surface area contributed by atoms with Crippen LogP contribution in [0, 0.1) is 12.8 Å². The Morgan fingerprint density at radius 2 is 2.00 bits per heavy atom. The Labute approximate surface area is 115 Å². The zero-order valence-corrected chi connectivity index (χ0v) is 12.2. The number of benzene rings is 1. The van der Waals surface area contributed by atoms with Crippen LogP contribution in [0.2, 0.25) is 0 Å². The Balaban J connectivity index is 2.03. The number of sulfonamides is 1. The van der Waals surface area contributed by atoms with Gasteiger partial charge in [0.2, 0.25) is 10.0 Å². The van der Waals surface area contributed by atoms with Gasteiger partial charge in [-0.1, -0.05) is 29.8 Å². The molecule has 19 heavy (non-hydrogen) atoms. The Kier molecular flexibility index (Phi) is 4.60. The SMILES string of the molecule is Cc1cccc(CS(=O)(=O)N2CCC(CN)CC2)c1. The van der Waals surface area contributed by atoms with Crippen LogP contribution >= 0.6 is 0 Å². The molecule has 0 aromatic heterocycles. The van der Waals surface area contributed by atoms with E-state index >= 15 is 0 Å². The zero-order valence-electron chi connectivity index (χ0n) is 11.4. The highest BCUT2D eigenvalue weighted by Crippen LogP contribution is 2.21. The highest BCUT2D eigenvalue weighted by Gasteiger charge is 2.27. The highest BCUT2D eigenvalue weighted by molar-refractivity contribution is 7.88. The molecule has 0 spiro atoms. The standard InChI is InChI=1S/C14H22N2O2S/c1-12-3-2-4-14(9-12)11-19(17,18)16-7-5-13(10-15)6-8-16/h2-4,9,13H,5-8,10-11,15H2,1H3. The molecule has 2 N–H and O–H groups in total. The predicted octanol–water partition coefficient (Wildman–Crippen LogP) is 1.50. The molecule has 1 aromatic rings. The minimum atomic E-state index is -3.19. The summed E-state index contributed by atoms with van der Waals surface area (Å²) < 4.78 is 26.3. The summed E-state index contributed by atoms with van der Waals surface area (Å²) in [6.45, 7) is 3.85. The maximum Gasteiger partial charge on any atom is 0.218 e. The summed E-state index contributed by atoms with van der Waals surface area (Å²) in [6.07, 6.45) is 1.76. The third kappa shape index (κ3) is 3.78. The number of hydrogen-bond donors (Lipinski definition) is 1. The van der Waals surface area contributed by atoms with Gasteiger partial charge in [-0.25, -0.2) is 12.7 Å². The van der Waals surface area contributed by atoms with Crippen LogP contribution in [0.25, 0.3) is 0 Å². The van der Waals surface area contributed by atoms with Crippen molar-refractivity contribution >= 4 is 10.0 Å². The van der Waals surface area contributed by atoms with Crippen LogP contribution in [0.5, 0.6) is 0 Å². The average Bonchev–Trinajstić information content (AvgIpc) is 2.38. The largest absolute Gasteiger partial charge is 0.330 e. The van der Waals surface area contributed by atoms with Gasteiger partial charge in [0.05, 0.1) is 5.75 Å². The molecule has 1 aliphatic heterocycles. The lowest BCUT2D eigenvalue weighted by Crippen LogP contribution is -2.40. The lowest BCUT2D eigenvalue weighted by atomic mass is 9.99. The molecule has 1 saturated heterocycles. The monoisotopic (exact) mass is 282 g/mol. The van der Waals surface area contributed by atoms with Crippen molar-refractivity contribution in [2.24, 2.45) is 11.7 Å². The van der Waals surface area contributed by atoms with Gasteiger partial charge in [0.1, 0.15) is 0 Å². The van der Waals surface area contributed by atoms with Crippen molar-refractivity contribution < 1.29 is 8.42 Å². The van der Waals surface area contributed by atoms with Crippen molar-refractivity contribution in [2.45, 2.75) is 25.5 Å². The Hall–Kier alpha value is -0.910. The van der Waals surface area contributed by atoms with E-state index in [1.165, 1.54) is 0 Å². The molecule has 0 saturated carbocycles. The van der Waals surface area contributed by atoms with Crippen molar-refractivity contribution in [1.82, 2.24) is 4.31 Å². The van der Waals surface area contributed by atoms with Crippen molar-refractivity contribution in [3.05, 3.63) is 35.4 Å². The van der Waals surface area contributed by atoms with Gasteiger partial charge in [-0.05, 0) is 37.8 Å². The molecule has 1 aliphatic rings. The first-order valence-corrected chi connectivity index (χ1v) is 8.35. The maximum atomic E-state index is 12.4.